The SMILES string of the molecule is CSc1ccc(S(=O)(=O)NCc2ccc(C(C)(C)C)cc2)cc1. The molecule has 2 rings (SSSR count). The quantitative estimate of drug-likeness (QED) is 0.824. The van der Waals surface area contributed by atoms with Crippen molar-refractivity contribution in [2.45, 2.75) is 42.5 Å². The summed E-state index contributed by atoms with van der Waals surface area (Å²) in [5, 5.41) is 0. The molecule has 5 heteroatoms. The van der Waals surface area contributed by atoms with E-state index in [0.717, 1.165) is 10.5 Å². The van der Waals surface area contributed by atoms with Crippen LogP contribution in [0.4, 0.5) is 0 Å². The van der Waals surface area contributed by atoms with Crippen LogP contribution in [-0.2, 0) is 22.0 Å². The van der Waals surface area contributed by atoms with E-state index < -0.39 is 10.0 Å². The van der Waals surface area contributed by atoms with E-state index in [-0.39, 0.29) is 12.0 Å². The monoisotopic (exact) mass is 349 g/mol. The molecule has 0 radical (unpaired) electrons. The van der Waals surface area contributed by atoms with Crippen LogP contribution < -0.4 is 4.72 Å². The third-order valence-electron chi connectivity index (χ3n) is 3.66. The highest BCUT2D eigenvalue weighted by Gasteiger charge is 2.15. The van der Waals surface area contributed by atoms with Crippen LogP contribution in [0.25, 0.3) is 0 Å². The lowest BCUT2D eigenvalue weighted by Gasteiger charge is -2.19. The van der Waals surface area contributed by atoms with Gasteiger partial charge in [0.05, 0.1) is 4.90 Å². The highest BCUT2D eigenvalue weighted by atomic mass is 32.2. The summed E-state index contributed by atoms with van der Waals surface area (Å²) in [6.07, 6.45) is 1.96. The number of sulfonamides is 1. The van der Waals surface area contributed by atoms with Gasteiger partial charge in [0.25, 0.3) is 0 Å². The maximum atomic E-state index is 12.3. The molecule has 0 fully saturated rings. The first kappa shape index (κ1) is 18.0. The van der Waals surface area contributed by atoms with Crippen LogP contribution in [-0.4, -0.2) is 14.7 Å². The third kappa shape index (κ3) is 4.83. The molecule has 0 aliphatic heterocycles. The molecule has 0 saturated carbocycles. The van der Waals surface area contributed by atoms with Crippen molar-refractivity contribution < 1.29 is 8.42 Å². The average Bonchev–Trinajstić information content (AvgIpc) is 2.53. The molecule has 124 valence electrons. The smallest absolute Gasteiger partial charge is 0.207 e. The minimum atomic E-state index is -3.48. The van der Waals surface area contributed by atoms with Crippen molar-refractivity contribution in [3.8, 4) is 0 Å². The molecule has 0 aromatic heterocycles. The number of nitrogens with one attached hydrogen (secondary N) is 1. The van der Waals surface area contributed by atoms with Gasteiger partial charge in [0, 0.05) is 11.4 Å². The second-order valence-electron chi connectivity index (χ2n) is 6.45. The molecular formula is C18H23NO2S2. The summed E-state index contributed by atoms with van der Waals surface area (Å²) in [4.78, 5) is 1.34. The standard InChI is InChI=1S/C18H23NO2S2/c1-18(2,3)15-7-5-14(6-8-15)13-19-23(20,21)17-11-9-16(22-4)10-12-17/h5-12,19H,13H2,1-4H3. The fraction of sp³-hybridized carbons (Fsp3) is 0.333. The number of benzene rings is 2. The lowest BCUT2D eigenvalue weighted by atomic mass is 9.87. The molecule has 3 nitrogen and oxygen atoms in total. The minimum absolute atomic E-state index is 0.0943. The Kier molecular flexibility index (Phi) is 5.55. The zero-order valence-corrected chi connectivity index (χ0v) is 15.6. The largest absolute Gasteiger partial charge is 0.240 e. The zero-order chi connectivity index (χ0) is 17.1. The molecule has 23 heavy (non-hydrogen) atoms. The summed E-state index contributed by atoms with van der Waals surface area (Å²) in [7, 11) is -3.48. The molecule has 1 N–H and O–H groups in total. The number of rotatable bonds is 5. The number of hydrogen-bond donors (Lipinski definition) is 1. The molecule has 0 aliphatic rings. The highest BCUT2D eigenvalue weighted by molar-refractivity contribution is 7.98. The average molecular weight is 350 g/mol. The zero-order valence-electron chi connectivity index (χ0n) is 14.0. The van der Waals surface area contributed by atoms with Gasteiger partial charge in [-0.25, -0.2) is 13.1 Å². The normalized spacial score (nSPS) is 12.3. The van der Waals surface area contributed by atoms with Gasteiger partial charge in [0.2, 0.25) is 10.0 Å². The number of hydrogen-bond acceptors (Lipinski definition) is 3. The van der Waals surface area contributed by atoms with Crippen LogP contribution >= 0.6 is 11.8 Å². The summed E-state index contributed by atoms with van der Waals surface area (Å²) in [5.41, 5.74) is 2.27. The van der Waals surface area contributed by atoms with Crippen LogP contribution in [0.3, 0.4) is 0 Å². The second kappa shape index (κ2) is 7.07. The molecular weight excluding hydrogens is 326 g/mol. The van der Waals surface area contributed by atoms with Crippen molar-refractivity contribution in [3.05, 3.63) is 59.7 Å². The maximum absolute atomic E-state index is 12.3. The van der Waals surface area contributed by atoms with Gasteiger partial charge in [-0.2, -0.15) is 0 Å². The Balaban J connectivity index is 2.06. The van der Waals surface area contributed by atoms with Gasteiger partial charge in [-0.1, -0.05) is 45.0 Å². The second-order valence-corrected chi connectivity index (χ2v) is 9.09. The molecule has 0 spiro atoms. The van der Waals surface area contributed by atoms with Gasteiger partial charge in [0.1, 0.15) is 0 Å². The van der Waals surface area contributed by atoms with E-state index in [0.29, 0.717) is 4.90 Å². The summed E-state index contributed by atoms with van der Waals surface area (Å²) in [6, 6.07) is 15.0. The van der Waals surface area contributed by atoms with Gasteiger partial charge in [0.15, 0.2) is 0 Å². The van der Waals surface area contributed by atoms with Crippen molar-refractivity contribution >= 4 is 21.8 Å². The Labute approximate surface area is 143 Å². The summed E-state index contributed by atoms with van der Waals surface area (Å²) < 4.78 is 27.3. The fourth-order valence-corrected chi connectivity index (χ4v) is 3.57. The van der Waals surface area contributed by atoms with Crippen molar-refractivity contribution in [2.24, 2.45) is 0 Å². The van der Waals surface area contributed by atoms with Crippen molar-refractivity contribution in [1.82, 2.24) is 4.72 Å². The van der Waals surface area contributed by atoms with Crippen molar-refractivity contribution in [2.75, 3.05) is 6.26 Å². The molecule has 0 heterocycles. The van der Waals surface area contributed by atoms with Crippen molar-refractivity contribution in [1.29, 1.82) is 0 Å². The van der Waals surface area contributed by atoms with E-state index in [4.69, 9.17) is 0 Å². The molecule has 0 bridgehead atoms. The van der Waals surface area contributed by atoms with E-state index in [9.17, 15) is 8.42 Å². The fourth-order valence-electron chi connectivity index (χ4n) is 2.14. The first-order valence-corrected chi connectivity index (χ1v) is 10.2. The lowest BCUT2D eigenvalue weighted by molar-refractivity contribution is 0.580. The van der Waals surface area contributed by atoms with Crippen LogP contribution in [0, 0.1) is 0 Å². The summed E-state index contributed by atoms with van der Waals surface area (Å²) >= 11 is 1.59. The van der Waals surface area contributed by atoms with E-state index in [1.165, 1.54) is 5.56 Å². The topological polar surface area (TPSA) is 46.2 Å². The third-order valence-corrected chi connectivity index (χ3v) is 5.82. The first-order valence-electron chi connectivity index (χ1n) is 7.45. The van der Waals surface area contributed by atoms with E-state index in [2.05, 4.69) is 37.6 Å². The highest BCUT2D eigenvalue weighted by Crippen LogP contribution is 2.22. The molecule has 0 aliphatic carbocycles. The molecule has 0 atom stereocenters. The molecule has 0 amide bonds. The first-order chi connectivity index (χ1) is 10.7. The Hall–Kier alpha value is -1.30. The molecule has 2 aromatic rings. The van der Waals surface area contributed by atoms with Crippen LogP contribution in [0.5, 0.6) is 0 Å². The van der Waals surface area contributed by atoms with Gasteiger partial charge < -0.3 is 0 Å². The summed E-state index contributed by atoms with van der Waals surface area (Å²) in [5.74, 6) is 0. The van der Waals surface area contributed by atoms with Crippen LogP contribution in [0.15, 0.2) is 58.3 Å². The van der Waals surface area contributed by atoms with Crippen molar-refractivity contribution in [3.63, 3.8) is 0 Å². The van der Waals surface area contributed by atoms with Gasteiger partial charge >= 0.3 is 0 Å². The van der Waals surface area contributed by atoms with Gasteiger partial charge in [-0.05, 0) is 47.1 Å². The van der Waals surface area contributed by atoms with E-state index in [1.807, 2.05) is 30.5 Å². The van der Waals surface area contributed by atoms with E-state index >= 15 is 0 Å². The lowest BCUT2D eigenvalue weighted by Crippen LogP contribution is -2.23. The van der Waals surface area contributed by atoms with Gasteiger partial charge in [-0.3, -0.25) is 0 Å². The molecule has 2 aromatic carbocycles. The van der Waals surface area contributed by atoms with E-state index in [1.54, 1.807) is 23.9 Å². The van der Waals surface area contributed by atoms with Crippen LogP contribution in [0.1, 0.15) is 31.9 Å². The molecule has 0 saturated heterocycles. The summed E-state index contributed by atoms with van der Waals surface area (Å²) in [6.45, 7) is 6.76. The Morgan fingerprint density at radius 1 is 0.957 bits per heavy atom. The predicted molar refractivity (Wildman–Crippen MR) is 97.4 cm³/mol. The Morgan fingerprint density at radius 3 is 2.00 bits per heavy atom. The maximum Gasteiger partial charge on any atom is 0.240 e. The Bertz CT molecular complexity index is 743. The number of thioether (sulfide) groups is 1. The molecule has 0 unspecified atom stereocenters. The van der Waals surface area contributed by atoms with Gasteiger partial charge in [-0.15, -0.1) is 11.8 Å². The van der Waals surface area contributed by atoms with Crippen LogP contribution in [0.2, 0.25) is 0 Å². The predicted octanol–water partition coefficient (Wildman–Crippen LogP) is 4.18. The minimum Gasteiger partial charge on any atom is -0.207 e. The Morgan fingerprint density at radius 2 is 1.52 bits per heavy atom.